The Morgan fingerprint density at radius 2 is 1.74 bits per heavy atom. The van der Waals surface area contributed by atoms with E-state index in [4.69, 9.17) is 14.3 Å². The maximum Gasteiger partial charge on any atom is 0.511 e. The van der Waals surface area contributed by atoms with Crippen molar-refractivity contribution in [3.05, 3.63) is 71.1 Å². The Morgan fingerprint density at radius 3 is 2.35 bits per heavy atom. The van der Waals surface area contributed by atoms with Gasteiger partial charge in [-0.3, -0.25) is 9.63 Å². The zero-order valence-corrected chi connectivity index (χ0v) is 25.9. The number of carbonyl (C=O) groups excluding carboxylic acids is 2. The molecule has 1 aromatic heterocycles. The largest absolute Gasteiger partial charge is 0.569 e. The lowest BCUT2D eigenvalue weighted by Crippen LogP contribution is -2.37. The van der Waals surface area contributed by atoms with Gasteiger partial charge in [0.05, 0.1) is 46.4 Å². The van der Waals surface area contributed by atoms with Crippen LogP contribution in [0.3, 0.4) is 0 Å². The highest BCUT2D eigenvalue weighted by molar-refractivity contribution is 7.90. The summed E-state index contributed by atoms with van der Waals surface area (Å²) in [4.78, 5) is 28.8. The Labute approximate surface area is 261 Å². The van der Waals surface area contributed by atoms with Gasteiger partial charge < -0.3 is 14.7 Å². The van der Waals surface area contributed by atoms with Crippen LogP contribution in [0.2, 0.25) is 0 Å². The third-order valence-electron chi connectivity index (χ3n) is 6.61. The fourth-order valence-corrected chi connectivity index (χ4v) is 5.38. The summed E-state index contributed by atoms with van der Waals surface area (Å²) in [6.07, 6.45) is -7.31. The van der Waals surface area contributed by atoms with E-state index >= 15 is 0 Å². The van der Waals surface area contributed by atoms with Gasteiger partial charge in [-0.25, -0.2) is 22.6 Å². The summed E-state index contributed by atoms with van der Waals surface area (Å²) in [7, 11) is -4.39. The van der Waals surface area contributed by atoms with Gasteiger partial charge in [0.25, 0.3) is 16.3 Å². The molecule has 0 aliphatic carbocycles. The van der Waals surface area contributed by atoms with Crippen LogP contribution < -0.4 is 4.72 Å². The predicted molar refractivity (Wildman–Crippen MR) is 153 cm³/mol. The number of ether oxygens (including phenoxy) is 2. The highest BCUT2D eigenvalue weighted by Crippen LogP contribution is 2.33. The average Bonchev–Trinajstić information content (AvgIpc) is 3.65. The van der Waals surface area contributed by atoms with Gasteiger partial charge in [0, 0.05) is 12.5 Å². The van der Waals surface area contributed by atoms with Crippen LogP contribution in [0.15, 0.2) is 64.8 Å². The molecule has 248 valence electrons. The SMILES string of the molecule is Cc1ccc(-c2cc(C(F)(F)F)nn2-c2ccc(S(=O)(=O)NC(=O)C3CCN(/[N+]([O-])=N/OC(C)OC(=O)OC(C)C)C3)cc2)cc1. The summed E-state index contributed by atoms with van der Waals surface area (Å²) < 4.78 is 79.1. The average molecular weight is 669 g/mol. The topological polar surface area (TPSA) is 167 Å². The molecule has 1 aliphatic rings. The molecule has 1 amide bonds. The molecule has 18 heteroatoms. The van der Waals surface area contributed by atoms with Crippen LogP contribution in [0.4, 0.5) is 18.0 Å². The number of aryl methyl sites for hydroxylation is 1. The van der Waals surface area contributed by atoms with Crippen molar-refractivity contribution in [3.8, 4) is 16.9 Å². The summed E-state index contributed by atoms with van der Waals surface area (Å²) in [6, 6.07) is 12.5. The van der Waals surface area contributed by atoms with Gasteiger partial charge >= 0.3 is 12.3 Å². The number of nitrogens with one attached hydrogen (secondary N) is 1. The molecule has 0 saturated carbocycles. The minimum atomic E-state index is -4.71. The van der Waals surface area contributed by atoms with Gasteiger partial charge in [-0.15, -0.1) is 5.01 Å². The van der Waals surface area contributed by atoms with Crippen molar-refractivity contribution in [1.82, 2.24) is 19.5 Å². The molecular weight excluding hydrogens is 637 g/mol. The normalized spacial score (nSPS) is 16.3. The number of hydrogen-bond donors (Lipinski definition) is 1. The van der Waals surface area contributed by atoms with Gasteiger partial charge in [0.2, 0.25) is 11.2 Å². The van der Waals surface area contributed by atoms with Gasteiger partial charge in [-0.1, -0.05) is 29.8 Å². The van der Waals surface area contributed by atoms with E-state index in [9.17, 15) is 36.4 Å². The molecule has 3 aromatic rings. The Morgan fingerprint density at radius 1 is 1.09 bits per heavy atom. The second kappa shape index (κ2) is 13.6. The highest BCUT2D eigenvalue weighted by Gasteiger charge is 2.36. The maximum absolute atomic E-state index is 13.5. The van der Waals surface area contributed by atoms with E-state index in [1.54, 1.807) is 38.1 Å². The van der Waals surface area contributed by atoms with E-state index in [-0.39, 0.29) is 40.8 Å². The molecule has 0 radical (unpaired) electrons. The molecule has 46 heavy (non-hydrogen) atoms. The molecule has 1 aliphatic heterocycles. The number of rotatable bonds is 10. The Hall–Kier alpha value is -4.87. The molecule has 0 spiro atoms. The fraction of sp³-hybridized carbons (Fsp3) is 0.393. The van der Waals surface area contributed by atoms with Crippen LogP contribution in [0.25, 0.3) is 16.9 Å². The summed E-state index contributed by atoms with van der Waals surface area (Å²) in [5.74, 6) is -1.78. The number of hydrogen-bond acceptors (Lipinski definition) is 10. The predicted octanol–water partition coefficient (Wildman–Crippen LogP) is 4.71. The lowest BCUT2D eigenvalue weighted by molar-refractivity contribution is -0.709. The summed E-state index contributed by atoms with van der Waals surface area (Å²) in [5.41, 5.74) is 0.545. The van der Waals surface area contributed by atoms with Crippen molar-refractivity contribution in [3.63, 3.8) is 0 Å². The second-order valence-electron chi connectivity index (χ2n) is 10.6. The van der Waals surface area contributed by atoms with Gasteiger partial charge in [0.1, 0.15) is 0 Å². The Balaban J connectivity index is 1.41. The Kier molecular flexibility index (Phi) is 10.1. The van der Waals surface area contributed by atoms with Crippen LogP contribution in [-0.4, -0.2) is 65.7 Å². The second-order valence-corrected chi connectivity index (χ2v) is 12.3. The zero-order chi connectivity index (χ0) is 33.8. The lowest BCUT2D eigenvalue weighted by Gasteiger charge is -2.14. The van der Waals surface area contributed by atoms with Gasteiger partial charge in [-0.2, -0.15) is 18.3 Å². The highest BCUT2D eigenvalue weighted by atomic mass is 32.2. The van der Waals surface area contributed by atoms with Crippen LogP contribution in [-0.2, 0) is 35.3 Å². The molecule has 1 fully saturated rings. The first-order chi connectivity index (χ1) is 21.5. The van der Waals surface area contributed by atoms with Crippen molar-refractivity contribution in [2.75, 3.05) is 13.1 Å². The van der Waals surface area contributed by atoms with Crippen LogP contribution >= 0.6 is 0 Å². The molecule has 2 aromatic carbocycles. The molecule has 0 bridgehead atoms. The minimum Gasteiger partial charge on any atom is -0.569 e. The first-order valence-corrected chi connectivity index (χ1v) is 15.4. The third kappa shape index (κ3) is 8.43. The number of sulfonamides is 1. The van der Waals surface area contributed by atoms with Crippen LogP contribution in [0.1, 0.15) is 38.4 Å². The maximum atomic E-state index is 13.5. The number of benzene rings is 2. The summed E-state index contributed by atoms with van der Waals surface area (Å²) >= 11 is 0. The van der Waals surface area contributed by atoms with Crippen molar-refractivity contribution >= 4 is 22.1 Å². The van der Waals surface area contributed by atoms with E-state index in [1.807, 2.05) is 11.6 Å². The number of amides is 1. The van der Waals surface area contributed by atoms with E-state index in [1.165, 1.54) is 19.1 Å². The molecule has 14 nitrogen and oxygen atoms in total. The molecule has 2 heterocycles. The lowest BCUT2D eigenvalue weighted by atomic mass is 10.1. The standard InChI is InChI=1S/C28H31F3N6O8S/c1-17(2)43-27(39)44-19(4)45-34-37(40)35-14-13-21(16-35)26(38)33-46(41,42)23-11-9-22(10-12-23)36-24(15-25(32-36)28(29,30)31)20-7-5-18(3)6-8-20/h5-12,15,17,19,21H,13-14,16H2,1-4H3,(H,33,38)/b37-34-. The molecule has 2 atom stereocenters. The van der Waals surface area contributed by atoms with E-state index in [0.29, 0.717) is 5.56 Å². The van der Waals surface area contributed by atoms with Crippen LogP contribution in [0.5, 0.6) is 0 Å². The van der Waals surface area contributed by atoms with E-state index in [2.05, 4.69) is 10.4 Å². The monoisotopic (exact) mass is 668 g/mol. The van der Waals surface area contributed by atoms with Crippen molar-refractivity contribution in [2.45, 2.75) is 57.6 Å². The molecule has 4 rings (SSSR count). The van der Waals surface area contributed by atoms with E-state index in [0.717, 1.165) is 33.5 Å². The third-order valence-corrected chi connectivity index (χ3v) is 7.98. The smallest absolute Gasteiger partial charge is 0.511 e. The molecule has 1 saturated heterocycles. The number of hydrazine groups is 1. The molecule has 2 unspecified atom stereocenters. The number of carbonyl (C=O) groups is 2. The number of aromatic nitrogens is 2. The van der Waals surface area contributed by atoms with E-state index < -0.39 is 52.3 Å². The van der Waals surface area contributed by atoms with Crippen LogP contribution in [0, 0.1) is 18.0 Å². The van der Waals surface area contributed by atoms with Gasteiger partial charge in [0.15, 0.2) is 5.69 Å². The summed E-state index contributed by atoms with van der Waals surface area (Å²) in [6.45, 7) is 6.21. The first-order valence-electron chi connectivity index (χ1n) is 13.9. The Bertz CT molecular complexity index is 1690. The number of nitrogens with zero attached hydrogens (tertiary/aromatic N) is 5. The number of halogens is 3. The fourth-order valence-electron chi connectivity index (χ4n) is 4.33. The van der Waals surface area contributed by atoms with Crippen molar-refractivity contribution < 1.29 is 50.5 Å². The first kappa shape index (κ1) is 34.0. The zero-order valence-electron chi connectivity index (χ0n) is 25.1. The molecular formula is C28H31F3N6O8S. The van der Waals surface area contributed by atoms with Crippen molar-refractivity contribution in [2.24, 2.45) is 11.2 Å². The molecule has 1 N–H and O–H groups in total. The summed E-state index contributed by atoms with van der Waals surface area (Å²) in [5, 5.41) is 20.3. The van der Waals surface area contributed by atoms with Crippen molar-refractivity contribution in [1.29, 1.82) is 0 Å². The van der Waals surface area contributed by atoms with Gasteiger partial charge in [-0.05, 0) is 57.5 Å². The minimum absolute atomic E-state index is 0.0426. The quantitative estimate of drug-likeness (QED) is 0.105. The number of alkyl halides is 3.